The van der Waals surface area contributed by atoms with E-state index in [9.17, 15) is 20.0 Å². The predicted octanol–water partition coefficient (Wildman–Crippen LogP) is 2.20. The first kappa shape index (κ1) is 18.1. The maximum absolute atomic E-state index is 12.0. The Kier molecular flexibility index (Phi) is 5.44. The second-order valence-corrected chi connectivity index (χ2v) is 5.05. The van der Waals surface area contributed by atoms with Gasteiger partial charge in [0.2, 0.25) is 0 Å². The van der Waals surface area contributed by atoms with Crippen molar-refractivity contribution < 1.29 is 19.4 Å². The van der Waals surface area contributed by atoms with Crippen molar-refractivity contribution in [3.05, 3.63) is 58.1 Å². The number of benzene rings is 1. The summed E-state index contributed by atoms with van der Waals surface area (Å²) in [6.07, 6.45) is 0. The smallest absolute Gasteiger partial charge is 0.160 e. The molecular formula is C17H18N2O4. The van der Waals surface area contributed by atoms with Crippen molar-refractivity contribution >= 4 is 11.8 Å². The van der Waals surface area contributed by atoms with E-state index in [-0.39, 0.29) is 17.5 Å². The third-order valence-corrected chi connectivity index (χ3v) is 3.62. The number of carbonyl (C=O) groups excluding carboxylic acids is 2. The fraction of sp³-hybridized carbons (Fsp3) is 0.235. The van der Waals surface area contributed by atoms with Crippen molar-refractivity contribution in [3.63, 3.8) is 0 Å². The van der Waals surface area contributed by atoms with E-state index in [0.29, 0.717) is 28.2 Å². The molecule has 0 fully saturated rings. The summed E-state index contributed by atoms with van der Waals surface area (Å²) < 4.78 is 5.49. The van der Waals surface area contributed by atoms with E-state index in [4.69, 9.17) is 4.74 Å². The third-order valence-electron chi connectivity index (χ3n) is 3.62. The third kappa shape index (κ3) is 3.30. The molecule has 1 heterocycles. The Morgan fingerprint density at radius 1 is 1.17 bits per heavy atom. The zero-order valence-corrected chi connectivity index (χ0v) is 13.5. The number of carboxylic acid groups (broad SMARTS) is 1. The number of hydrogen-bond acceptors (Lipinski definition) is 5. The van der Waals surface area contributed by atoms with Crippen LogP contribution < -0.4 is 11.3 Å². The molecule has 0 amide bonds. The maximum atomic E-state index is 12.0. The largest absolute Gasteiger partial charge is 0.545 e. The average molecular weight is 314 g/mol. The molecule has 0 aromatic heterocycles. The Morgan fingerprint density at radius 3 is 2.17 bits per heavy atom. The normalized spacial score (nSPS) is 17.0. The molecule has 0 saturated heterocycles. The van der Waals surface area contributed by atoms with Crippen molar-refractivity contribution in [1.29, 1.82) is 5.26 Å². The molecular weight excluding hydrogens is 296 g/mol. The van der Waals surface area contributed by atoms with Crippen LogP contribution in [-0.2, 0) is 9.53 Å². The molecule has 1 unspecified atom stereocenters. The highest BCUT2D eigenvalue weighted by molar-refractivity contribution is 5.96. The van der Waals surface area contributed by atoms with Gasteiger partial charge in [-0.25, -0.2) is 0 Å². The summed E-state index contributed by atoms with van der Waals surface area (Å²) in [5.74, 6) is -1.11. The Balaban J connectivity index is 0.00000264. The molecule has 2 rings (SSSR count). The molecule has 120 valence electrons. The van der Waals surface area contributed by atoms with Crippen LogP contribution in [0.1, 0.15) is 42.6 Å². The predicted molar refractivity (Wildman–Crippen MR) is 82.3 cm³/mol. The zero-order chi connectivity index (χ0) is 16.4. The Morgan fingerprint density at radius 2 is 1.74 bits per heavy atom. The van der Waals surface area contributed by atoms with Crippen LogP contribution in [0.5, 0.6) is 0 Å². The molecule has 1 aliphatic heterocycles. The number of carboxylic acids is 1. The number of nitriles is 1. The number of hydrogen-bond donors (Lipinski definition) is 1. The lowest BCUT2D eigenvalue weighted by Gasteiger charge is -2.27. The van der Waals surface area contributed by atoms with Crippen LogP contribution in [0.4, 0.5) is 0 Å². The first-order valence-electron chi connectivity index (χ1n) is 6.68. The average Bonchev–Trinajstić information content (AvgIpc) is 2.46. The van der Waals surface area contributed by atoms with Crippen molar-refractivity contribution in [1.82, 2.24) is 6.15 Å². The Hall–Kier alpha value is -2.91. The van der Waals surface area contributed by atoms with Gasteiger partial charge in [0.1, 0.15) is 11.5 Å². The summed E-state index contributed by atoms with van der Waals surface area (Å²) in [6.45, 7) is 4.76. The van der Waals surface area contributed by atoms with Gasteiger partial charge in [0.15, 0.2) is 5.78 Å². The van der Waals surface area contributed by atoms with E-state index in [0.717, 1.165) is 0 Å². The summed E-state index contributed by atoms with van der Waals surface area (Å²) in [6, 6.07) is 8.06. The van der Waals surface area contributed by atoms with Crippen LogP contribution in [0.25, 0.3) is 0 Å². The molecule has 6 heteroatoms. The molecule has 1 atom stereocenters. The quantitative estimate of drug-likeness (QED) is 0.914. The van der Waals surface area contributed by atoms with Crippen molar-refractivity contribution in [3.8, 4) is 6.07 Å². The van der Waals surface area contributed by atoms with E-state index in [1.165, 1.54) is 19.1 Å². The number of ketones is 1. The molecule has 0 saturated carbocycles. The molecule has 0 bridgehead atoms. The Labute approximate surface area is 134 Å². The lowest BCUT2D eigenvalue weighted by molar-refractivity contribution is -0.255. The minimum atomic E-state index is -1.27. The van der Waals surface area contributed by atoms with Gasteiger partial charge in [0.25, 0.3) is 0 Å². The number of rotatable bonds is 3. The molecule has 23 heavy (non-hydrogen) atoms. The van der Waals surface area contributed by atoms with Crippen LogP contribution in [0.15, 0.2) is 46.9 Å². The number of nitrogens with zero attached hydrogens (tertiary/aromatic N) is 1. The topological polar surface area (TPSA) is 127 Å². The lowest BCUT2D eigenvalue weighted by atomic mass is 9.80. The number of Topliss-reactive ketones (excluding diaryl/α,β-unsaturated/α-hetero) is 1. The number of ether oxygens (including phenoxy) is 1. The minimum Gasteiger partial charge on any atom is -0.545 e. The fourth-order valence-corrected chi connectivity index (χ4v) is 2.63. The van der Waals surface area contributed by atoms with Gasteiger partial charge in [0, 0.05) is 5.57 Å². The van der Waals surface area contributed by atoms with Gasteiger partial charge in [-0.2, -0.15) is 5.26 Å². The molecule has 0 spiro atoms. The molecule has 0 aliphatic carbocycles. The highest BCUT2D eigenvalue weighted by Gasteiger charge is 2.32. The number of aromatic carboxylic acids is 1. The first-order chi connectivity index (χ1) is 10.4. The van der Waals surface area contributed by atoms with Crippen LogP contribution in [-0.4, -0.2) is 11.8 Å². The van der Waals surface area contributed by atoms with Gasteiger partial charge in [-0.15, -0.1) is 0 Å². The zero-order valence-electron chi connectivity index (χ0n) is 13.5. The fourth-order valence-electron chi connectivity index (χ4n) is 2.63. The lowest BCUT2D eigenvalue weighted by Crippen LogP contribution is -2.22. The monoisotopic (exact) mass is 314 g/mol. The summed E-state index contributed by atoms with van der Waals surface area (Å²) in [7, 11) is 0. The van der Waals surface area contributed by atoms with Crippen LogP contribution in [0.2, 0.25) is 0 Å². The van der Waals surface area contributed by atoms with Crippen LogP contribution in [0, 0.1) is 11.3 Å². The van der Waals surface area contributed by atoms with Crippen molar-refractivity contribution in [2.45, 2.75) is 26.7 Å². The van der Waals surface area contributed by atoms with Crippen LogP contribution in [0.3, 0.4) is 0 Å². The summed E-state index contributed by atoms with van der Waals surface area (Å²) >= 11 is 0. The summed E-state index contributed by atoms with van der Waals surface area (Å²) in [4.78, 5) is 22.8. The van der Waals surface area contributed by atoms with Crippen LogP contribution >= 0.6 is 0 Å². The standard InChI is InChI=1S/C17H15NO4.H3N/c1-9(19)15-11(3)22-10(2)14(8-18)16(15)12-4-6-13(7-5-12)17(20)21;/h4-7,16H,1-3H3,(H,20,21);1H3. The second-order valence-electron chi connectivity index (χ2n) is 5.05. The maximum Gasteiger partial charge on any atom is 0.160 e. The minimum absolute atomic E-state index is 0. The van der Waals surface area contributed by atoms with Gasteiger partial charge in [-0.3, -0.25) is 4.79 Å². The second kappa shape index (κ2) is 6.90. The molecule has 0 radical (unpaired) electrons. The van der Waals surface area contributed by atoms with Gasteiger partial charge in [-0.1, -0.05) is 24.3 Å². The van der Waals surface area contributed by atoms with Gasteiger partial charge >= 0.3 is 0 Å². The highest BCUT2D eigenvalue weighted by atomic mass is 16.5. The van der Waals surface area contributed by atoms with E-state index >= 15 is 0 Å². The van der Waals surface area contributed by atoms with Gasteiger partial charge in [-0.05, 0) is 31.9 Å². The van der Waals surface area contributed by atoms with E-state index < -0.39 is 11.9 Å². The summed E-state index contributed by atoms with van der Waals surface area (Å²) in [5.41, 5.74) is 1.45. The van der Waals surface area contributed by atoms with Crippen molar-refractivity contribution in [2.75, 3.05) is 0 Å². The SMILES string of the molecule is CC(=O)C1=C(C)OC(C)=C(C#N)C1c1ccc(C(=O)[O-])cc1.[NH4+]. The number of allylic oxidation sites excluding steroid dienone is 4. The van der Waals surface area contributed by atoms with E-state index in [1.54, 1.807) is 26.0 Å². The number of quaternary nitrogens is 1. The molecule has 6 nitrogen and oxygen atoms in total. The molecule has 1 aromatic rings. The van der Waals surface area contributed by atoms with Gasteiger partial charge < -0.3 is 20.8 Å². The van der Waals surface area contributed by atoms with Crippen molar-refractivity contribution in [2.24, 2.45) is 0 Å². The Bertz CT molecular complexity index is 752. The van der Waals surface area contributed by atoms with Gasteiger partial charge in [0.05, 0.1) is 23.5 Å². The number of carbonyl (C=O) groups is 2. The molecule has 4 N–H and O–H groups in total. The summed E-state index contributed by atoms with van der Waals surface area (Å²) in [5, 5.41) is 20.2. The molecule has 1 aliphatic rings. The van der Waals surface area contributed by atoms with E-state index in [2.05, 4.69) is 6.07 Å². The highest BCUT2D eigenvalue weighted by Crippen LogP contribution is 2.40. The molecule has 1 aromatic carbocycles. The van der Waals surface area contributed by atoms with E-state index in [1.807, 2.05) is 0 Å². The first-order valence-corrected chi connectivity index (χ1v) is 6.68.